The van der Waals surface area contributed by atoms with Crippen LogP contribution in [0.3, 0.4) is 0 Å². The van der Waals surface area contributed by atoms with Gasteiger partial charge in [0, 0.05) is 50.0 Å². The zero-order valence-electron chi connectivity index (χ0n) is 44.2. The normalized spacial score (nSPS) is 12.4. The molecule has 2 aliphatic rings. The Morgan fingerprint density at radius 2 is 1.23 bits per heavy atom. The lowest BCUT2D eigenvalue weighted by molar-refractivity contribution is -0.135. The van der Waals surface area contributed by atoms with Crippen molar-refractivity contribution in [1.82, 2.24) is 35.1 Å². The van der Waals surface area contributed by atoms with Crippen LogP contribution < -0.4 is 41.3 Å². The van der Waals surface area contributed by atoms with Crippen molar-refractivity contribution in [2.24, 2.45) is 0 Å². The Balaban J connectivity index is 0.000000211. The van der Waals surface area contributed by atoms with E-state index in [-0.39, 0.29) is 77.7 Å². The lowest BCUT2D eigenvalue weighted by atomic mass is 10.0. The molecule has 2 aliphatic heterocycles. The predicted octanol–water partition coefficient (Wildman–Crippen LogP) is 6.96. The van der Waals surface area contributed by atoms with Gasteiger partial charge in [-0.2, -0.15) is 0 Å². The molecule has 0 fully saturated rings. The molecule has 0 radical (unpaired) electrons. The summed E-state index contributed by atoms with van der Waals surface area (Å²) in [6.45, 7) is 10.1. The minimum Gasteiger partial charge on any atom is -0.505 e. The van der Waals surface area contributed by atoms with Gasteiger partial charge in [-0.1, -0.05) is 54.6 Å². The number of carboxylic acid groups (broad SMARTS) is 1. The summed E-state index contributed by atoms with van der Waals surface area (Å²) in [6.07, 6.45) is 4.67. The summed E-state index contributed by atoms with van der Waals surface area (Å²) in [5.74, 6) is -6.18. The van der Waals surface area contributed by atoms with Gasteiger partial charge in [-0.05, 0) is 82.5 Å². The number of aliphatic carboxylic acids is 1. The molecule has 0 saturated carbocycles. The Bertz CT molecular complexity index is 3810. The molecule has 3 amide bonds. The minimum atomic E-state index is -1.41. The van der Waals surface area contributed by atoms with Gasteiger partial charge in [0.25, 0.3) is 22.9 Å². The molecule has 0 aliphatic carbocycles. The van der Waals surface area contributed by atoms with Crippen LogP contribution in [0.15, 0.2) is 112 Å². The van der Waals surface area contributed by atoms with Crippen LogP contribution in [0.25, 0.3) is 34.5 Å². The third kappa shape index (κ3) is 12.3. The molecule has 0 saturated heterocycles. The number of carbonyl (C=O) groups is 5. The van der Waals surface area contributed by atoms with Crippen LogP contribution in [0, 0.1) is 11.6 Å². The van der Waals surface area contributed by atoms with Crippen molar-refractivity contribution in [2.75, 3.05) is 20.2 Å². The van der Waals surface area contributed by atoms with Crippen LogP contribution in [0.5, 0.6) is 23.0 Å². The van der Waals surface area contributed by atoms with Crippen molar-refractivity contribution in [2.45, 2.75) is 72.1 Å². The number of hydrogen-bond acceptors (Lipinski definition) is 15. The molecule has 80 heavy (non-hydrogen) atoms. The summed E-state index contributed by atoms with van der Waals surface area (Å²) < 4.78 is 57.1. The molecule has 0 spiro atoms. The van der Waals surface area contributed by atoms with E-state index in [2.05, 4.69) is 25.9 Å². The van der Waals surface area contributed by atoms with Gasteiger partial charge in [-0.25, -0.2) is 23.2 Å². The van der Waals surface area contributed by atoms with Gasteiger partial charge >= 0.3 is 18.0 Å². The van der Waals surface area contributed by atoms with Crippen LogP contribution in [-0.4, -0.2) is 90.5 Å². The quantitative estimate of drug-likeness (QED) is 0.0649. The maximum atomic E-state index is 13.6. The Morgan fingerprint density at radius 3 is 1.76 bits per heavy atom. The number of nitrogens with one attached hydrogen (secondary N) is 3. The predicted molar refractivity (Wildman–Crippen MR) is 286 cm³/mol. The molecule has 21 nitrogen and oxygen atoms in total. The fraction of sp³-hybridized carbons (Fsp3) is 0.246. The standard InChI is InChI=1S/C29H32FN5O7.C28H21FN2O7/c1-28(2,3)42-27(40)33-14-29(4,5)34-24(37)18-13-35-21-20(22(36)19(26(35)39)25(38)31-6)32-12-16(23(21)41-18)11-15-7-9-17(30)10-8-15;1-2-36-28(35)21-25(37-15-17-6-4-3-5-7-17)22-23-24(38-20(27(33)34)14-31(23)26(21)32)18(13-30-22)12-16-8-10-19(29)11-9-16/h7-10,12-13,36H,11,14H2,1-6H3,(H,31,38)(H,33,40)(H,34,37);3-11,13-14H,2,12,15H2,1H3,(H,33,34). The summed E-state index contributed by atoms with van der Waals surface area (Å²) >= 11 is 0. The molecule has 0 atom stereocenters. The van der Waals surface area contributed by atoms with E-state index in [0.717, 1.165) is 27.1 Å². The number of aromatic nitrogens is 4. The van der Waals surface area contributed by atoms with Gasteiger partial charge in [0.2, 0.25) is 11.5 Å². The number of amides is 3. The molecular formula is C57H53F2N7O14. The second-order valence-corrected chi connectivity index (χ2v) is 19.8. The van der Waals surface area contributed by atoms with E-state index in [1.165, 1.54) is 43.7 Å². The van der Waals surface area contributed by atoms with E-state index in [4.69, 9.17) is 23.7 Å². The van der Waals surface area contributed by atoms with Crippen molar-refractivity contribution in [1.29, 1.82) is 0 Å². The molecule has 3 aromatic carbocycles. The number of nitrogens with zero attached hydrogens (tertiary/aromatic N) is 4. The van der Waals surface area contributed by atoms with Crippen molar-refractivity contribution in [3.8, 4) is 23.0 Å². The fourth-order valence-corrected chi connectivity index (χ4v) is 8.39. The highest BCUT2D eigenvalue weighted by Crippen LogP contribution is 2.40. The third-order valence-corrected chi connectivity index (χ3v) is 12.1. The third-order valence-electron chi connectivity index (χ3n) is 12.1. The first kappa shape index (κ1) is 56.3. The number of alkyl carbamates (subject to hydrolysis) is 1. The van der Waals surface area contributed by atoms with Gasteiger partial charge in [0.05, 0.1) is 24.5 Å². The first-order valence-electron chi connectivity index (χ1n) is 24.7. The summed E-state index contributed by atoms with van der Waals surface area (Å²) in [5.41, 5.74) is -1.16. The van der Waals surface area contributed by atoms with Gasteiger partial charge in [-0.15, -0.1) is 0 Å². The van der Waals surface area contributed by atoms with Crippen LogP contribution in [-0.2, 0) is 38.5 Å². The van der Waals surface area contributed by atoms with E-state index in [0.29, 0.717) is 22.3 Å². The number of pyridine rings is 4. The maximum Gasteiger partial charge on any atom is 0.407 e. The molecular weight excluding hydrogens is 1040 g/mol. The van der Waals surface area contributed by atoms with E-state index < -0.39 is 86.4 Å². The molecule has 414 valence electrons. The highest BCUT2D eigenvalue weighted by Gasteiger charge is 2.35. The van der Waals surface area contributed by atoms with E-state index in [9.17, 15) is 52.6 Å². The number of hydrogen-bond donors (Lipinski definition) is 5. The number of benzene rings is 3. The number of aromatic hydroxyl groups is 1. The molecule has 0 unspecified atom stereocenters. The molecule has 23 heteroatoms. The number of carboxylic acids is 1. The summed E-state index contributed by atoms with van der Waals surface area (Å²) in [5, 5.41) is 28.2. The van der Waals surface area contributed by atoms with Crippen molar-refractivity contribution in [3.05, 3.63) is 174 Å². The summed E-state index contributed by atoms with van der Waals surface area (Å²) in [4.78, 5) is 98.7. The van der Waals surface area contributed by atoms with E-state index in [1.807, 2.05) is 30.3 Å². The monoisotopic (exact) mass is 1100 g/mol. The number of rotatable bonds is 15. The lowest BCUT2D eigenvalue weighted by Gasteiger charge is -2.29. The van der Waals surface area contributed by atoms with Gasteiger partial charge in [0.1, 0.15) is 51.5 Å². The number of halogens is 2. The van der Waals surface area contributed by atoms with Crippen LogP contribution in [0.2, 0.25) is 0 Å². The number of carbonyl (C=O) groups excluding carboxylic acids is 4. The topological polar surface area (TPSA) is 278 Å². The second-order valence-electron chi connectivity index (χ2n) is 19.8. The average Bonchev–Trinajstić information content (AvgIpc) is 3.49. The van der Waals surface area contributed by atoms with Gasteiger partial charge < -0.3 is 49.8 Å². The van der Waals surface area contributed by atoms with E-state index >= 15 is 0 Å². The Kier molecular flexibility index (Phi) is 16.1. The molecule has 4 aromatic heterocycles. The summed E-state index contributed by atoms with van der Waals surface area (Å²) in [7, 11) is 1.30. The first-order valence-corrected chi connectivity index (χ1v) is 24.7. The van der Waals surface area contributed by atoms with Gasteiger partial charge in [-0.3, -0.25) is 38.3 Å². The lowest BCUT2D eigenvalue weighted by Crippen LogP contribution is -2.52. The van der Waals surface area contributed by atoms with Crippen molar-refractivity contribution < 1.29 is 66.7 Å². The number of esters is 1. The smallest absolute Gasteiger partial charge is 0.407 e. The average molecular weight is 1100 g/mol. The second kappa shape index (κ2) is 23.0. The Morgan fingerprint density at radius 1 is 0.700 bits per heavy atom. The van der Waals surface area contributed by atoms with Crippen molar-refractivity contribution in [3.63, 3.8) is 0 Å². The minimum absolute atomic E-state index is 0.00147. The molecule has 7 aromatic rings. The first-order chi connectivity index (χ1) is 38.0. The van der Waals surface area contributed by atoms with Crippen LogP contribution >= 0.6 is 0 Å². The Labute approximate surface area is 454 Å². The highest BCUT2D eigenvalue weighted by atomic mass is 19.1. The zero-order chi connectivity index (χ0) is 57.8. The SMILES string of the molecule is CCOC(=O)c1c(OCc2ccccc2)c2ncc(Cc3ccc(F)cc3)c3c2n(c1=O)C=C(C(=O)O)O3.CNC(=O)c1c(O)c2ncc(Cc3ccc(F)cc3)c3c2n(c1=O)C=C(C(=O)NC(C)(C)CNC(=O)OC(C)(C)C)O3. The van der Waals surface area contributed by atoms with Gasteiger partial charge in [0.15, 0.2) is 28.6 Å². The Hall–Kier alpha value is -9.93. The highest BCUT2D eigenvalue weighted by molar-refractivity contribution is 6.05. The fourth-order valence-electron chi connectivity index (χ4n) is 8.39. The zero-order valence-corrected chi connectivity index (χ0v) is 44.2. The van der Waals surface area contributed by atoms with E-state index in [1.54, 1.807) is 65.8 Å². The molecule has 0 bridgehead atoms. The van der Waals surface area contributed by atoms with Crippen LogP contribution in [0.1, 0.15) is 90.1 Å². The van der Waals surface area contributed by atoms with Crippen LogP contribution in [0.4, 0.5) is 13.6 Å². The molecule has 9 rings (SSSR count). The van der Waals surface area contributed by atoms with Crippen molar-refractivity contribution >= 4 is 64.3 Å². The number of ether oxygens (including phenoxy) is 5. The maximum absolute atomic E-state index is 13.6. The molecule has 5 N–H and O–H groups in total. The molecule has 6 heterocycles. The summed E-state index contributed by atoms with van der Waals surface area (Å²) in [6, 6.07) is 20.6. The largest absolute Gasteiger partial charge is 0.505 e.